The van der Waals surface area contributed by atoms with E-state index in [0.29, 0.717) is 22.2 Å². The van der Waals surface area contributed by atoms with Crippen LogP contribution in [-0.4, -0.2) is 35.6 Å². The van der Waals surface area contributed by atoms with Crippen molar-refractivity contribution < 1.29 is 13.2 Å². The molecule has 0 radical (unpaired) electrons. The SMILES string of the molecule is Cc1ccc(S(=O)(=O)NCCC(=O)NCc2n[nH]c(=S)n2C2CC2)c(C)c1. The van der Waals surface area contributed by atoms with E-state index >= 15 is 0 Å². The molecule has 146 valence electrons. The zero-order chi connectivity index (χ0) is 19.6. The van der Waals surface area contributed by atoms with Gasteiger partial charge in [0.25, 0.3) is 0 Å². The van der Waals surface area contributed by atoms with Gasteiger partial charge in [0.2, 0.25) is 15.9 Å². The number of nitrogens with zero attached hydrogens (tertiary/aromatic N) is 2. The number of carbonyl (C=O) groups excluding carboxylic acids is 1. The summed E-state index contributed by atoms with van der Waals surface area (Å²) in [5, 5.41) is 9.65. The van der Waals surface area contributed by atoms with E-state index in [4.69, 9.17) is 12.2 Å². The number of aryl methyl sites for hydroxylation is 2. The number of sulfonamides is 1. The molecular weight excluding hydrogens is 386 g/mol. The highest BCUT2D eigenvalue weighted by atomic mass is 32.2. The van der Waals surface area contributed by atoms with Gasteiger partial charge in [-0.05, 0) is 50.5 Å². The van der Waals surface area contributed by atoms with Gasteiger partial charge >= 0.3 is 0 Å². The summed E-state index contributed by atoms with van der Waals surface area (Å²) in [7, 11) is -3.64. The van der Waals surface area contributed by atoms with Crippen molar-refractivity contribution >= 4 is 28.1 Å². The molecule has 8 nitrogen and oxygen atoms in total. The molecule has 3 rings (SSSR count). The second kappa shape index (κ2) is 7.91. The van der Waals surface area contributed by atoms with Gasteiger partial charge in [-0.2, -0.15) is 5.10 Å². The number of hydrogen-bond donors (Lipinski definition) is 3. The van der Waals surface area contributed by atoms with Crippen molar-refractivity contribution in [2.45, 2.75) is 50.6 Å². The van der Waals surface area contributed by atoms with Crippen molar-refractivity contribution in [1.82, 2.24) is 24.8 Å². The van der Waals surface area contributed by atoms with E-state index in [1.54, 1.807) is 19.1 Å². The minimum absolute atomic E-state index is 0.0248. The Morgan fingerprint density at radius 1 is 1.37 bits per heavy atom. The fraction of sp³-hybridized carbons (Fsp3) is 0.471. The van der Waals surface area contributed by atoms with Crippen molar-refractivity contribution in [2.75, 3.05) is 6.54 Å². The Morgan fingerprint density at radius 2 is 2.11 bits per heavy atom. The first-order valence-electron chi connectivity index (χ1n) is 8.77. The van der Waals surface area contributed by atoms with Gasteiger partial charge in [0.05, 0.1) is 11.4 Å². The van der Waals surface area contributed by atoms with Gasteiger partial charge in [-0.3, -0.25) is 14.5 Å². The third kappa shape index (κ3) is 4.82. The smallest absolute Gasteiger partial charge is 0.240 e. The number of H-pyrrole nitrogens is 1. The number of nitrogens with one attached hydrogen (secondary N) is 3. The molecule has 0 aliphatic heterocycles. The van der Waals surface area contributed by atoms with Crippen molar-refractivity contribution in [3.8, 4) is 0 Å². The lowest BCUT2D eigenvalue weighted by Gasteiger charge is -2.10. The summed E-state index contributed by atoms with van der Waals surface area (Å²) in [5.41, 5.74) is 1.67. The molecular formula is C17H23N5O3S2. The summed E-state index contributed by atoms with van der Waals surface area (Å²) in [5.74, 6) is 0.432. The van der Waals surface area contributed by atoms with Gasteiger partial charge in [0.1, 0.15) is 0 Å². The van der Waals surface area contributed by atoms with Gasteiger partial charge in [-0.1, -0.05) is 17.7 Å². The van der Waals surface area contributed by atoms with Crippen LogP contribution in [0.25, 0.3) is 0 Å². The van der Waals surface area contributed by atoms with E-state index in [9.17, 15) is 13.2 Å². The first kappa shape index (κ1) is 19.7. The van der Waals surface area contributed by atoms with Gasteiger partial charge in [0, 0.05) is 19.0 Å². The zero-order valence-corrected chi connectivity index (χ0v) is 16.9. The van der Waals surface area contributed by atoms with Crippen LogP contribution in [0, 0.1) is 18.6 Å². The minimum Gasteiger partial charge on any atom is -0.349 e. The number of carbonyl (C=O) groups is 1. The van der Waals surface area contributed by atoms with Crippen LogP contribution in [0.2, 0.25) is 0 Å². The van der Waals surface area contributed by atoms with E-state index in [1.165, 1.54) is 0 Å². The predicted molar refractivity (Wildman–Crippen MR) is 103 cm³/mol. The molecule has 1 fully saturated rings. The molecule has 0 spiro atoms. The Bertz CT molecular complexity index is 1010. The van der Waals surface area contributed by atoms with E-state index in [-0.39, 0.29) is 30.3 Å². The minimum atomic E-state index is -3.64. The Balaban J connectivity index is 1.50. The summed E-state index contributed by atoms with van der Waals surface area (Å²) in [4.78, 5) is 12.3. The van der Waals surface area contributed by atoms with Crippen LogP contribution in [-0.2, 0) is 21.4 Å². The average Bonchev–Trinajstić information content (AvgIpc) is 3.35. The maximum Gasteiger partial charge on any atom is 0.240 e. The lowest BCUT2D eigenvalue weighted by Crippen LogP contribution is -2.31. The Labute approximate surface area is 163 Å². The number of amides is 1. The number of aromatic nitrogens is 3. The summed E-state index contributed by atoms with van der Waals surface area (Å²) in [6.07, 6.45) is 2.17. The molecule has 0 saturated heterocycles. The molecule has 0 unspecified atom stereocenters. The van der Waals surface area contributed by atoms with Crippen LogP contribution in [0.3, 0.4) is 0 Å². The van der Waals surface area contributed by atoms with Gasteiger partial charge in [-0.25, -0.2) is 13.1 Å². The maximum absolute atomic E-state index is 12.4. The predicted octanol–water partition coefficient (Wildman–Crippen LogP) is 1.88. The first-order chi connectivity index (χ1) is 12.8. The fourth-order valence-corrected chi connectivity index (χ4v) is 4.47. The highest BCUT2D eigenvalue weighted by Crippen LogP contribution is 2.35. The van der Waals surface area contributed by atoms with Crippen molar-refractivity contribution in [3.05, 3.63) is 39.9 Å². The number of benzene rings is 1. The van der Waals surface area contributed by atoms with Gasteiger partial charge < -0.3 is 5.32 Å². The lowest BCUT2D eigenvalue weighted by atomic mass is 10.2. The largest absolute Gasteiger partial charge is 0.349 e. The second-order valence-electron chi connectivity index (χ2n) is 6.74. The molecule has 1 heterocycles. The molecule has 1 amide bonds. The highest BCUT2D eigenvalue weighted by molar-refractivity contribution is 7.89. The normalized spacial score (nSPS) is 14.3. The third-order valence-electron chi connectivity index (χ3n) is 4.40. The van der Waals surface area contributed by atoms with Crippen LogP contribution in [0.15, 0.2) is 23.1 Å². The zero-order valence-electron chi connectivity index (χ0n) is 15.3. The number of hydrogen-bond acceptors (Lipinski definition) is 5. The highest BCUT2D eigenvalue weighted by Gasteiger charge is 2.27. The summed E-state index contributed by atoms with van der Waals surface area (Å²) < 4.78 is 29.7. The first-order valence-corrected chi connectivity index (χ1v) is 10.7. The molecule has 10 heteroatoms. The molecule has 1 saturated carbocycles. The summed E-state index contributed by atoms with van der Waals surface area (Å²) in [6.45, 7) is 3.94. The molecule has 1 aromatic carbocycles. The summed E-state index contributed by atoms with van der Waals surface area (Å²) in [6, 6.07) is 5.51. The fourth-order valence-electron chi connectivity index (χ4n) is 2.91. The second-order valence-corrected chi connectivity index (χ2v) is 8.86. The molecule has 0 bridgehead atoms. The lowest BCUT2D eigenvalue weighted by molar-refractivity contribution is -0.121. The van der Waals surface area contributed by atoms with E-state index in [1.807, 2.05) is 17.6 Å². The molecule has 3 N–H and O–H groups in total. The van der Waals surface area contributed by atoms with Gasteiger partial charge in [0.15, 0.2) is 10.6 Å². The van der Waals surface area contributed by atoms with Crippen molar-refractivity contribution in [1.29, 1.82) is 0 Å². The van der Waals surface area contributed by atoms with Crippen LogP contribution < -0.4 is 10.0 Å². The summed E-state index contributed by atoms with van der Waals surface area (Å²) >= 11 is 5.20. The van der Waals surface area contributed by atoms with E-state index in [2.05, 4.69) is 20.2 Å². The molecule has 1 aromatic heterocycles. The van der Waals surface area contributed by atoms with Crippen molar-refractivity contribution in [2.24, 2.45) is 0 Å². The van der Waals surface area contributed by atoms with Crippen LogP contribution in [0.5, 0.6) is 0 Å². The Hall–Kier alpha value is -2.04. The molecule has 1 aliphatic rings. The topological polar surface area (TPSA) is 109 Å². The average molecular weight is 410 g/mol. The Kier molecular flexibility index (Phi) is 5.78. The van der Waals surface area contributed by atoms with E-state index < -0.39 is 10.0 Å². The van der Waals surface area contributed by atoms with Crippen LogP contribution in [0.4, 0.5) is 0 Å². The van der Waals surface area contributed by atoms with Crippen LogP contribution >= 0.6 is 12.2 Å². The molecule has 1 aliphatic carbocycles. The van der Waals surface area contributed by atoms with Crippen molar-refractivity contribution in [3.63, 3.8) is 0 Å². The maximum atomic E-state index is 12.4. The molecule has 2 aromatic rings. The monoisotopic (exact) mass is 409 g/mol. The quantitative estimate of drug-likeness (QED) is 0.577. The van der Waals surface area contributed by atoms with E-state index in [0.717, 1.165) is 18.4 Å². The number of rotatable bonds is 8. The third-order valence-corrected chi connectivity index (χ3v) is 6.31. The van der Waals surface area contributed by atoms with Gasteiger partial charge in [-0.15, -0.1) is 0 Å². The molecule has 0 atom stereocenters. The van der Waals surface area contributed by atoms with Crippen LogP contribution in [0.1, 0.15) is 42.3 Å². The standard InChI is InChI=1S/C17H23N5O3S2/c1-11-3-6-14(12(2)9-11)27(24,25)19-8-7-16(23)18-10-15-20-21-17(26)22(15)13-4-5-13/h3,6,9,13,19H,4-5,7-8,10H2,1-2H3,(H,18,23)(H,21,26). The Morgan fingerprint density at radius 3 is 2.78 bits per heavy atom. The number of aromatic amines is 1. The molecule has 27 heavy (non-hydrogen) atoms.